The summed E-state index contributed by atoms with van der Waals surface area (Å²) >= 11 is 0. The van der Waals surface area contributed by atoms with Crippen molar-refractivity contribution in [1.82, 2.24) is 5.32 Å². The van der Waals surface area contributed by atoms with E-state index in [1.807, 2.05) is 13.8 Å². The number of terminal acetylenes is 1. The molecule has 0 saturated carbocycles. The number of alkyl halides is 3. The van der Waals surface area contributed by atoms with Crippen molar-refractivity contribution in [2.45, 2.75) is 57.8 Å². The number of rotatable bonds is 6. The zero-order valence-electron chi connectivity index (χ0n) is 9.19. The Hall–Kier alpha value is -0.690. The molecular weight excluding hydrogens is 203 g/mol. The fraction of sp³-hybridized carbons (Fsp3) is 0.818. The van der Waals surface area contributed by atoms with Crippen molar-refractivity contribution in [1.29, 1.82) is 0 Å². The van der Waals surface area contributed by atoms with E-state index >= 15 is 0 Å². The fourth-order valence-electron chi connectivity index (χ4n) is 1.41. The monoisotopic (exact) mass is 221 g/mol. The molecule has 0 fully saturated rings. The summed E-state index contributed by atoms with van der Waals surface area (Å²) in [4.78, 5) is 0. The van der Waals surface area contributed by atoms with E-state index < -0.39 is 12.6 Å². The number of hydrogen-bond acceptors (Lipinski definition) is 1. The average molecular weight is 221 g/mol. The molecule has 0 aliphatic heterocycles. The van der Waals surface area contributed by atoms with Crippen molar-refractivity contribution in [2.75, 3.05) is 0 Å². The predicted octanol–water partition coefficient (Wildman–Crippen LogP) is 3.11. The maximum atomic E-state index is 11.8. The fourth-order valence-corrected chi connectivity index (χ4v) is 1.41. The molecule has 0 spiro atoms. The minimum atomic E-state index is -4.04. The summed E-state index contributed by atoms with van der Waals surface area (Å²) in [6.07, 6.45) is 1.67. The standard InChI is InChI=1S/C11H18F3N/c1-4-6-9(2)15-10(3)7-5-8-11(12,13)14/h1,9-10,15H,5-8H2,2-3H3. The van der Waals surface area contributed by atoms with E-state index in [1.165, 1.54) is 0 Å². The molecule has 0 radical (unpaired) electrons. The normalized spacial score (nSPS) is 15.7. The molecule has 2 atom stereocenters. The molecule has 0 aliphatic carbocycles. The predicted molar refractivity (Wildman–Crippen MR) is 55.4 cm³/mol. The molecular formula is C11H18F3N. The van der Waals surface area contributed by atoms with Crippen molar-refractivity contribution in [3.05, 3.63) is 0 Å². The topological polar surface area (TPSA) is 12.0 Å². The number of hydrogen-bond donors (Lipinski definition) is 1. The van der Waals surface area contributed by atoms with Crippen LogP contribution in [0, 0.1) is 12.3 Å². The highest BCUT2D eigenvalue weighted by Crippen LogP contribution is 2.22. The minimum Gasteiger partial charge on any atom is -0.311 e. The van der Waals surface area contributed by atoms with Gasteiger partial charge in [-0.2, -0.15) is 13.2 Å². The summed E-state index contributed by atoms with van der Waals surface area (Å²) < 4.78 is 35.5. The van der Waals surface area contributed by atoms with Crippen molar-refractivity contribution >= 4 is 0 Å². The van der Waals surface area contributed by atoms with E-state index in [2.05, 4.69) is 11.2 Å². The Labute approximate surface area is 89.4 Å². The van der Waals surface area contributed by atoms with Crippen LogP contribution in [0.3, 0.4) is 0 Å². The Balaban J connectivity index is 3.58. The van der Waals surface area contributed by atoms with Gasteiger partial charge in [0.2, 0.25) is 0 Å². The molecule has 0 aromatic carbocycles. The van der Waals surface area contributed by atoms with Crippen LogP contribution in [0.25, 0.3) is 0 Å². The first-order chi connectivity index (χ1) is 6.85. The Morgan fingerprint density at radius 3 is 2.33 bits per heavy atom. The zero-order chi connectivity index (χ0) is 11.9. The van der Waals surface area contributed by atoms with E-state index in [4.69, 9.17) is 6.42 Å². The Morgan fingerprint density at radius 1 is 1.27 bits per heavy atom. The molecule has 88 valence electrons. The lowest BCUT2D eigenvalue weighted by molar-refractivity contribution is -0.135. The van der Waals surface area contributed by atoms with Crippen LogP contribution in [-0.4, -0.2) is 18.3 Å². The van der Waals surface area contributed by atoms with E-state index in [0.29, 0.717) is 12.8 Å². The van der Waals surface area contributed by atoms with Gasteiger partial charge in [0, 0.05) is 24.9 Å². The highest BCUT2D eigenvalue weighted by atomic mass is 19.4. The third-order valence-electron chi connectivity index (χ3n) is 2.09. The SMILES string of the molecule is C#CCC(C)NC(C)CCCC(F)(F)F. The summed E-state index contributed by atoms with van der Waals surface area (Å²) in [7, 11) is 0. The van der Waals surface area contributed by atoms with Gasteiger partial charge in [-0.05, 0) is 26.7 Å². The lowest BCUT2D eigenvalue weighted by atomic mass is 10.1. The van der Waals surface area contributed by atoms with Gasteiger partial charge in [-0.1, -0.05) is 0 Å². The summed E-state index contributed by atoms with van der Waals surface area (Å²) in [6, 6.07) is 0.242. The van der Waals surface area contributed by atoms with Gasteiger partial charge < -0.3 is 5.32 Å². The van der Waals surface area contributed by atoms with Crippen LogP contribution in [0.1, 0.15) is 39.5 Å². The maximum Gasteiger partial charge on any atom is 0.389 e. The van der Waals surface area contributed by atoms with Gasteiger partial charge in [0.25, 0.3) is 0 Å². The van der Waals surface area contributed by atoms with Crippen molar-refractivity contribution in [3.8, 4) is 12.3 Å². The minimum absolute atomic E-state index is 0.0794. The van der Waals surface area contributed by atoms with E-state index in [1.54, 1.807) is 0 Å². The van der Waals surface area contributed by atoms with Crippen molar-refractivity contribution in [2.24, 2.45) is 0 Å². The highest BCUT2D eigenvalue weighted by molar-refractivity contribution is 4.88. The Bertz CT molecular complexity index is 205. The molecule has 0 saturated heterocycles. The average Bonchev–Trinajstić information content (AvgIpc) is 2.01. The number of nitrogens with one attached hydrogen (secondary N) is 1. The lowest BCUT2D eigenvalue weighted by Gasteiger charge is -2.18. The van der Waals surface area contributed by atoms with Gasteiger partial charge >= 0.3 is 6.18 Å². The first-order valence-corrected chi connectivity index (χ1v) is 5.11. The number of halogens is 3. The molecule has 0 rings (SSSR count). The van der Waals surface area contributed by atoms with Crippen molar-refractivity contribution < 1.29 is 13.2 Å². The Morgan fingerprint density at radius 2 is 1.87 bits per heavy atom. The van der Waals surface area contributed by atoms with Gasteiger partial charge in [-0.3, -0.25) is 0 Å². The van der Waals surface area contributed by atoms with E-state index in [-0.39, 0.29) is 18.5 Å². The second kappa shape index (κ2) is 6.73. The summed E-state index contributed by atoms with van der Waals surface area (Å²) in [5, 5.41) is 3.16. The largest absolute Gasteiger partial charge is 0.389 e. The van der Waals surface area contributed by atoms with Gasteiger partial charge in [-0.15, -0.1) is 12.3 Å². The van der Waals surface area contributed by atoms with Crippen LogP contribution >= 0.6 is 0 Å². The second-order valence-corrected chi connectivity index (χ2v) is 3.88. The van der Waals surface area contributed by atoms with Gasteiger partial charge in [-0.25, -0.2) is 0 Å². The highest BCUT2D eigenvalue weighted by Gasteiger charge is 2.26. The maximum absolute atomic E-state index is 11.8. The molecule has 1 nitrogen and oxygen atoms in total. The van der Waals surface area contributed by atoms with Crippen LogP contribution < -0.4 is 5.32 Å². The third-order valence-corrected chi connectivity index (χ3v) is 2.09. The lowest BCUT2D eigenvalue weighted by Crippen LogP contribution is -2.34. The zero-order valence-corrected chi connectivity index (χ0v) is 9.19. The van der Waals surface area contributed by atoms with Crippen LogP contribution in [0.15, 0.2) is 0 Å². The Kier molecular flexibility index (Phi) is 6.42. The molecule has 2 unspecified atom stereocenters. The smallest absolute Gasteiger partial charge is 0.311 e. The van der Waals surface area contributed by atoms with Gasteiger partial charge in [0.15, 0.2) is 0 Å². The van der Waals surface area contributed by atoms with Gasteiger partial charge in [0.1, 0.15) is 0 Å². The molecule has 1 N–H and O–H groups in total. The van der Waals surface area contributed by atoms with E-state index in [0.717, 1.165) is 0 Å². The molecule has 0 amide bonds. The first-order valence-electron chi connectivity index (χ1n) is 5.11. The van der Waals surface area contributed by atoms with Crippen molar-refractivity contribution in [3.63, 3.8) is 0 Å². The first kappa shape index (κ1) is 14.3. The molecule has 0 bridgehead atoms. The summed E-state index contributed by atoms with van der Waals surface area (Å²) in [5.41, 5.74) is 0. The van der Waals surface area contributed by atoms with Crippen LogP contribution in [0.5, 0.6) is 0 Å². The van der Waals surface area contributed by atoms with E-state index in [9.17, 15) is 13.2 Å². The van der Waals surface area contributed by atoms with Crippen LogP contribution in [-0.2, 0) is 0 Å². The third kappa shape index (κ3) is 9.61. The second-order valence-electron chi connectivity index (χ2n) is 3.88. The quantitative estimate of drug-likeness (QED) is 0.679. The van der Waals surface area contributed by atoms with Crippen LogP contribution in [0.2, 0.25) is 0 Å². The van der Waals surface area contributed by atoms with Gasteiger partial charge in [0.05, 0.1) is 0 Å². The molecule has 0 aromatic heterocycles. The molecule has 0 aliphatic rings. The summed E-state index contributed by atoms with van der Waals surface area (Å²) in [5.74, 6) is 2.51. The molecule has 0 heterocycles. The van der Waals surface area contributed by atoms with Crippen LogP contribution in [0.4, 0.5) is 13.2 Å². The molecule has 15 heavy (non-hydrogen) atoms. The summed E-state index contributed by atoms with van der Waals surface area (Å²) in [6.45, 7) is 3.81. The molecule has 0 aromatic rings. The molecule has 4 heteroatoms.